The molecule has 0 bridgehead atoms. The van der Waals surface area contributed by atoms with E-state index < -0.39 is 23.1 Å². The fraction of sp³-hybridized carbons (Fsp3) is 0.382. The molecule has 0 saturated carbocycles. The summed E-state index contributed by atoms with van der Waals surface area (Å²) in [5, 5.41) is 1.35. The molecule has 1 aromatic heterocycles. The van der Waals surface area contributed by atoms with Gasteiger partial charge in [0.05, 0.1) is 12.1 Å². The van der Waals surface area contributed by atoms with Crippen LogP contribution in [-0.2, 0) is 4.79 Å². The standard InChI is InChI=1S/C34H33F4N5O2/c1-3-27(44)41-15-16-43(21(2)17-41)31-25-12-11-24(23-9-4-7-22-8-5-10-26(35)28(22)23)29(36)30(25)39-32(40-31)45-20-33-13-6-14-42(33)19-34(37,38)18-33/h3-5,7-12,21H,1,6,13-20H2,2H3/t21-,33+/m1/s1. The number of hydrogen-bond acceptors (Lipinski definition) is 6. The minimum Gasteiger partial charge on any atom is -0.461 e. The number of alkyl halides is 2. The maximum atomic E-state index is 16.7. The lowest BCUT2D eigenvalue weighted by molar-refractivity contribution is -0.126. The van der Waals surface area contributed by atoms with E-state index in [-0.39, 0.29) is 48.6 Å². The molecular formula is C34H33F4N5O2. The molecule has 234 valence electrons. The monoisotopic (exact) mass is 619 g/mol. The molecule has 2 atom stereocenters. The fourth-order valence-electron chi connectivity index (χ4n) is 7.41. The highest BCUT2D eigenvalue weighted by atomic mass is 19.3. The molecule has 45 heavy (non-hydrogen) atoms. The second-order valence-corrected chi connectivity index (χ2v) is 12.4. The number of anilines is 1. The van der Waals surface area contributed by atoms with Crippen LogP contribution in [0.5, 0.6) is 6.01 Å². The van der Waals surface area contributed by atoms with Crippen molar-refractivity contribution < 1.29 is 27.1 Å². The lowest BCUT2D eigenvalue weighted by Gasteiger charge is -2.40. The average molecular weight is 620 g/mol. The van der Waals surface area contributed by atoms with Crippen molar-refractivity contribution in [2.75, 3.05) is 44.2 Å². The molecule has 3 aromatic carbocycles. The highest BCUT2D eigenvalue weighted by Gasteiger charge is 2.57. The maximum Gasteiger partial charge on any atom is 0.319 e. The average Bonchev–Trinajstić information content (AvgIpc) is 3.51. The Morgan fingerprint density at radius 3 is 2.64 bits per heavy atom. The van der Waals surface area contributed by atoms with Gasteiger partial charge in [0, 0.05) is 48.4 Å². The zero-order chi connectivity index (χ0) is 31.5. The molecule has 4 aromatic rings. The molecule has 1 amide bonds. The SMILES string of the molecule is C=CC(=O)N1CCN(c2nc(OC[C@@]34CCCN3CC(F)(F)C4)nc3c(F)c(-c4cccc5cccc(F)c45)ccc23)[C@H](C)C1. The molecule has 3 saturated heterocycles. The number of ether oxygens (including phenoxy) is 1. The van der Waals surface area contributed by atoms with E-state index >= 15 is 8.78 Å². The van der Waals surface area contributed by atoms with Gasteiger partial charge in [-0.25, -0.2) is 17.6 Å². The van der Waals surface area contributed by atoms with Gasteiger partial charge in [0.2, 0.25) is 5.91 Å². The summed E-state index contributed by atoms with van der Waals surface area (Å²) in [4.78, 5) is 27.0. The Morgan fingerprint density at radius 1 is 1.07 bits per heavy atom. The van der Waals surface area contributed by atoms with E-state index in [0.717, 1.165) is 6.42 Å². The van der Waals surface area contributed by atoms with E-state index in [2.05, 4.69) is 11.6 Å². The van der Waals surface area contributed by atoms with E-state index in [9.17, 15) is 13.6 Å². The molecule has 7 nitrogen and oxygen atoms in total. The van der Waals surface area contributed by atoms with Crippen molar-refractivity contribution in [3.05, 3.63) is 72.8 Å². The number of aromatic nitrogens is 2. The van der Waals surface area contributed by atoms with Crippen LogP contribution in [-0.4, -0.2) is 82.5 Å². The van der Waals surface area contributed by atoms with Crippen LogP contribution in [0.2, 0.25) is 0 Å². The van der Waals surface area contributed by atoms with E-state index in [1.807, 2.05) is 11.8 Å². The third kappa shape index (κ3) is 5.07. The van der Waals surface area contributed by atoms with Crippen molar-refractivity contribution in [1.29, 1.82) is 0 Å². The first-order valence-corrected chi connectivity index (χ1v) is 15.2. The minimum atomic E-state index is -2.81. The lowest BCUT2D eigenvalue weighted by atomic mass is 9.94. The van der Waals surface area contributed by atoms with E-state index in [0.29, 0.717) is 60.1 Å². The van der Waals surface area contributed by atoms with Gasteiger partial charge in [-0.3, -0.25) is 9.69 Å². The Morgan fingerprint density at radius 2 is 1.87 bits per heavy atom. The van der Waals surface area contributed by atoms with E-state index in [1.165, 1.54) is 12.1 Å². The summed E-state index contributed by atoms with van der Waals surface area (Å²) in [5.74, 6) is -3.71. The summed E-state index contributed by atoms with van der Waals surface area (Å²) in [6.45, 7) is 6.93. The summed E-state index contributed by atoms with van der Waals surface area (Å²) < 4.78 is 66.7. The summed E-state index contributed by atoms with van der Waals surface area (Å²) in [6, 6.07) is 12.9. The van der Waals surface area contributed by atoms with Crippen molar-refractivity contribution in [3.63, 3.8) is 0 Å². The van der Waals surface area contributed by atoms with Crippen molar-refractivity contribution in [2.24, 2.45) is 0 Å². The summed E-state index contributed by atoms with van der Waals surface area (Å²) in [6.07, 6.45) is 2.31. The van der Waals surface area contributed by atoms with Crippen LogP contribution in [0.25, 0.3) is 32.8 Å². The fourth-order valence-corrected chi connectivity index (χ4v) is 7.41. The van der Waals surface area contributed by atoms with Crippen LogP contribution < -0.4 is 9.64 Å². The second kappa shape index (κ2) is 11.0. The molecule has 0 N–H and O–H groups in total. The molecule has 11 heteroatoms. The lowest BCUT2D eigenvalue weighted by Crippen LogP contribution is -2.53. The van der Waals surface area contributed by atoms with Crippen LogP contribution >= 0.6 is 0 Å². The highest BCUT2D eigenvalue weighted by molar-refractivity contribution is 6.01. The topological polar surface area (TPSA) is 61.8 Å². The van der Waals surface area contributed by atoms with Gasteiger partial charge in [-0.2, -0.15) is 9.97 Å². The first-order valence-electron chi connectivity index (χ1n) is 15.2. The Balaban J connectivity index is 1.33. The van der Waals surface area contributed by atoms with Crippen molar-refractivity contribution in [3.8, 4) is 17.1 Å². The number of rotatable bonds is 6. The number of halogens is 4. The number of carbonyl (C=O) groups excluding carboxylic acids is 1. The normalized spacial score (nSPS) is 23.1. The molecule has 0 unspecified atom stereocenters. The van der Waals surface area contributed by atoms with Gasteiger partial charge in [0.15, 0.2) is 5.82 Å². The molecule has 4 heterocycles. The third-order valence-corrected chi connectivity index (χ3v) is 9.52. The predicted molar refractivity (Wildman–Crippen MR) is 165 cm³/mol. The Kier molecular flexibility index (Phi) is 7.18. The number of fused-ring (bicyclic) bond motifs is 3. The van der Waals surface area contributed by atoms with Crippen molar-refractivity contribution in [1.82, 2.24) is 19.8 Å². The van der Waals surface area contributed by atoms with Crippen LogP contribution in [0.3, 0.4) is 0 Å². The molecule has 0 aliphatic carbocycles. The number of hydrogen-bond donors (Lipinski definition) is 0. The molecule has 7 rings (SSSR count). The Bertz CT molecular complexity index is 1830. The smallest absolute Gasteiger partial charge is 0.319 e. The van der Waals surface area contributed by atoms with Gasteiger partial charge in [-0.05, 0) is 55.5 Å². The molecule has 0 spiro atoms. The van der Waals surface area contributed by atoms with Gasteiger partial charge >= 0.3 is 6.01 Å². The summed E-state index contributed by atoms with van der Waals surface area (Å²) >= 11 is 0. The number of amides is 1. The highest BCUT2D eigenvalue weighted by Crippen LogP contribution is 2.46. The molecule has 3 fully saturated rings. The summed E-state index contributed by atoms with van der Waals surface area (Å²) in [7, 11) is 0. The van der Waals surface area contributed by atoms with E-state index in [1.54, 1.807) is 52.3 Å². The van der Waals surface area contributed by atoms with Crippen LogP contribution in [0.4, 0.5) is 23.4 Å². The quantitative estimate of drug-likeness (QED) is 0.189. The number of carbonyl (C=O) groups is 1. The molecule has 3 aliphatic rings. The Labute approximate surface area is 258 Å². The van der Waals surface area contributed by atoms with Crippen LogP contribution in [0.1, 0.15) is 26.2 Å². The van der Waals surface area contributed by atoms with Crippen molar-refractivity contribution in [2.45, 2.75) is 43.7 Å². The largest absolute Gasteiger partial charge is 0.461 e. The molecule has 0 radical (unpaired) electrons. The first-order chi connectivity index (χ1) is 21.6. The van der Waals surface area contributed by atoms with Gasteiger partial charge < -0.3 is 14.5 Å². The first kappa shape index (κ1) is 29.5. The second-order valence-electron chi connectivity index (χ2n) is 12.4. The zero-order valence-electron chi connectivity index (χ0n) is 24.9. The molecule has 3 aliphatic heterocycles. The van der Waals surface area contributed by atoms with E-state index in [4.69, 9.17) is 9.72 Å². The molecular weight excluding hydrogens is 586 g/mol. The van der Waals surface area contributed by atoms with Gasteiger partial charge in [0.25, 0.3) is 5.92 Å². The van der Waals surface area contributed by atoms with Crippen molar-refractivity contribution >= 4 is 33.4 Å². The Hall–Kier alpha value is -4.25. The minimum absolute atomic E-state index is 0.0184. The van der Waals surface area contributed by atoms with Gasteiger partial charge in [0.1, 0.15) is 23.8 Å². The number of piperazine rings is 1. The predicted octanol–water partition coefficient (Wildman–Crippen LogP) is 6.20. The zero-order valence-corrected chi connectivity index (χ0v) is 24.9. The van der Waals surface area contributed by atoms with Gasteiger partial charge in [-0.1, -0.05) is 43.0 Å². The number of benzene rings is 3. The summed E-state index contributed by atoms with van der Waals surface area (Å²) in [5.41, 5.74) is -0.312. The van der Waals surface area contributed by atoms with Crippen LogP contribution in [0.15, 0.2) is 61.2 Å². The van der Waals surface area contributed by atoms with Gasteiger partial charge in [-0.15, -0.1) is 0 Å². The number of nitrogens with zero attached hydrogens (tertiary/aromatic N) is 5. The third-order valence-electron chi connectivity index (χ3n) is 9.52. The van der Waals surface area contributed by atoms with Crippen LogP contribution in [0, 0.1) is 11.6 Å². The maximum absolute atomic E-state index is 16.7.